The van der Waals surface area contributed by atoms with Crippen molar-refractivity contribution in [3.05, 3.63) is 47.2 Å². The van der Waals surface area contributed by atoms with E-state index in [0.29, 0.717) is 39.9 Å². The van der Waals surface area contributed by atoms with Gasteiger partial charge >= 0.3 is 5.97 Å². The van der Waals surface area contributed by atoms with Crippen LogP contribution in [0, 0.1) is 0 Å². The molecule has 2 aromatic carbocycles. The van der Waals surface area contributed by atoms with E-state index in [4.69, 9.17) is 28.4 Å². The Morgan fingerprint density at radius 2 is 1.81 bits per heavy atom. The second-order valence-electron chi connectivity index (χ2n) is 6.53. The number of rotatable bonds is 8. The van der Waals surface area contributed by atoms with E-state index in [-0.39, 0.29) is 18.1 Å². The van der Waals surface area contributed by atoms with Crippen LogP contribution in [0.2, 0.25) is 0 Å². The van der Waals surface area contributed by atoms with Crippen molar-refractivity contribution in [2.75, 3.05) is 27.9 Å². The summed E-state index contributed by atoms with van der Waals surface area (Å²) in [5.74, 6) is 1.41. The first-order chi connectivity index (χ1) is 14.9. The molecule has 0 radical (unpaired) electrons. The summed E-state index contributed by atoms with van der Waals surface area (Å²) in [7, 11) is 4.53. The average Bonchev–Trinajstić information content (AvgIpc) is 3.07. The molecule has 1 heterocycles. The Morgan fingerprint density at radius 1 is 1.06 bits per heavy atom. The van der Waals surface area contributed by atoms with Gasteiger partial charge in [0.05, 0.1) is 33.5 Å². The van der Waals surface area contributed by atoms with Gasteiger partial charge in [-0.2, -0.15) is 0 Å². The monoisotopic (exact) mass is 428 g/mol. The minimum atomic E-state index is -0.791. The third-order valence-corrected chi connectivity index (χ3v) is 4.59. The van der Waals surface area contributed by atoms with Crippen LogP contribution < -0.4 is 23.7 Å². The first kappa shape index (κ1) is 22.0. The molecule has 8 nitrogen and oxygen atoms in total. The SMILES string of the molecule is CCOC(=O)C(C)Oc1ccc2c(c1)OC(=Cc1ccc(OC)c(OC)c1OC)C2=O. The molecule has 0 saturated heterocycles. The summed E-state index contributed by atoms with van der Waals surface area (Å²) < 4.78 is 32.4. The van der Waals surface area contributed by atoms with Gasteiger partial charge in [0.25, 0.3) is 0 Å². The molecule has 0 spiro atoms. The summed E-state index contributed by atoms with van der Waals surface area (Å²) in [6.07, 6.45) is 0.784. The number of ketones is 1. The molecular formula is C23H24O8. The number of benzene rings is 2. The molecule has 0 bridgehead atoms. The predicted molar refractivity (Wildman–Crippen MR) is 112 cm³/mol. The van der Waals surface area contributed by atoms with Crippen molar-refractivity contribution in [1.82, 2.24) is 0 Å². The largest absolute Gasteiger partial charge is 0.493 e. The van der Waals surface area contributed by atoms with Crippen LogP contribution in [-0.2, 0) is 9.53 Å². The molecule has 1 aliphatic heterocycles. The number of esters is 1. The van der Waals surface area contributed by atoms with Crippen LogP contribution in [-0.4, -0.2) is 45.8 Å². The molecule has 8 heteroatoms. The van der Waals surface area contributed by atoms with E-state index in [1.54, 1.807) is 50.3 Å². The number of carbonyl (C=O) groups is 2. The number of methoxy groups -OCH3 is 3. The first-order valence-corrected chi connectivity index (χ1v) is 9.64. The van der Waals surface area contributed by atoms with Gasteiger partial charge in [-0.25, -0.2) is 4.79 Å². The second-order valence-corrected chi connectivity index (χ2v) is 6.53. The molecule has 1 aliphatic rings. The van der Waals surface area contributed by atoms with Crippen molar-refractivity contribution in [1.29, 1.82) is 0 Å². The van der Waals surface area contributed by atoms with Crippen molar-refractivity contribution in [2.24, 2.45) is 0 Å². The topological polar surface area (TPSA) is 89.5 Å². The summed E-state index contributed by atoms with van der Waals surface area (Å²) in [6, 6.07) is 8.22. The number of Topliss-reactive ketones (excluding diaryl/α,β-unsaturated/α-hetero) is 1. The predicted octanol–water partition coefficient (Wildman–Crippen LogP) is 3.66. The van der Waals surface area contributed by atoms with Crippen LogP contribution in [0.5, 0.6) is 28.7 Å². The van der Waals surface area contributed by atoms with Gasteiger partial charge in [-0.05, 0) is 44.2 Å². The van der Waals surface area contributed by atoms with Gasteiger partial charge < -0.3 is 28.4 Å². The lowest BCUT2D eigenvalue weighted by Gasteiger charge is -2.14. The van der Waals surface area contributed by atoms with Gasteiger partial charge in [0.15, 0.2) is 23.4 Å². The fraction of sp³-hybridized carbons (Fsp3) is 0.304. The zero-order valence-electron chi connectivity index (χ0n) is 18.0. The molecule has 164 valence electrons. The zero-order valence-corrected chi connectivity index (χ0v) is 18.0. The lowest BCUT2D eigenvalue weighted by atomic mass is 10.1. The molecule has 0 fully saturated rings. The summed E-state index contributed by atoms with van der Waals surface area (Å²) in [5, 5.41) is 0. The Balaban J connectivity index is 1.88. The Hall–Kier alpha value is -3.68. The van der Waals surface area contributed by atoms with E-state index >= 15 is 0 Å². The number of fused-ring (bicyclic) bond motifs is 1. The fourth-order valence-electron chi connectivity index (χ4n) is 3.13. The minimum absolute atomic E-state index is 0.121. The molecule has 2 aromatic rings. The highest BCUT2D eigenvalue weighted by Crippen LogP contribution is 2.42. The van der Waals surface area contributed by atoms with Gasteiger partial charge in [0.2, 0.25) is 11.5 Å². The average molecular weight is 428 g/mol. The standard InChI is InChI=1S/C23H24O8/c1-6-29-23(25)13(2)30-15-8-9-16-18(12-15)31-19(20(16)24)11-14-7-10-17(26-3)22(28-5)21(14)27-4/h7-13H,6H2,1-5H3. The normalized spacial score (nSPS) is 14.5. The highest BCUT2D eigenvalue weighted by Gasteiger charge is 2.29. The lowest BCUT2D eigenvalue weighted by Crippen LogP contribution is -2.26. The van der Waals surface area contributed by atoms with Gasteiger partial charge in [-0.1, -0.05) is 0 Å². The van der Waals surface area contributed by atoms with Crippen molar-refractivity contribution >= 4 is 17.8 Å². The van der Waals surface area contributed by atoms with E-state index in [2.05, 4.69) is 0 Å². The molecule has 1 unspecified atom stereocenters. The fourth-order valence-corrected chi connectivity index (χ4v) is 3.13. The van der Waals surface area contributed by atoms with Crippen molar-refractivity contribution in [2.45, 2.75) is 20.0 Å². The molecule has 0 aliphatic carbocycles. The van der Waals surface area contributed by atoms with E-state index in [9.17, 15) is 9.59 Å². The van der Waals surface area contributed by atoms with Crippen molar-refractivity contribution in [3.63, 3.8) is 0 Å². The Morgan fingerprint density at radius 3 is 2.45 bits per heavy atom. The molecule has 3 rings (SSSR count). The second kappa shape index (κ2) is 9.42. The summed E-state index contributed by atoms with van der Waals surface area (Å²) in [6.45, 7) is 3.58. The molecular weight excluding hydrogens is 404 g/mol. The number of ether oxygens (including phenoxy) is 6. The maximum Gasteiger partial charge on any atom is 0.347 e. The summed E-state index contributed by atoms with van der Waals surface area (Å²) in [4.78, 5) is 24.6. The Bertz CT molecular complexity index is 1020. The number of allylic oxidation sites excluding steroid dienone is 1. The molecule has 0 saturated carbocycles. The van der Waals surface area contributed by atoms with Crippen molar-refractivity contribution in [3.8, 4) is 28.7 Å². The highest BCUT2D eigenvalue weighted by atomic mass is 16.6. The number of carbonyl (C=O) groups excluding carboxylic acids is 2. The minimum Gasteiger partial charge on any atom is -0.493 e. The quantitative estimate of drug-likeness (QED) is 0.465. The van der Waals surface area contributed by atoms with Crippen LogP contribution in [0.1, 0.15) is 29.8 Å². The van der Waals surface area contributed by atoms with Crippen LogP contribution >= 0.6 is 0 Å². The van der Waals surface area contributed by atoms with E-state index < -0.39 is 12.1 Å². The highest BCUT2D eigenvalue weighted by molar-refractivity contribution is 6.14. The third-order valence-electron chi connectivity index (χ3n) is 4.59. The third kappa shape index (κ3) is 4.42. The molecule has 0 N–H and O–H groups in total. The van der Waals surface area contributed by atoms with Gasteiger partial charge in [-0.15, -0.1) is 0 Å². The maximum atomic E-state index is 12.8. The van der Waals surface area contributed by atoms with Crippen LogP contribution in [0.15, 0.2) is 36.1 Å². The van der Waals surface area contributed by atoms with E-state index in [0.717, 1.165) is 0 Å². The van der Waals surface area contributed by atoms with Crippen LogP contribution in [0.4, 0.5) is 0 Å². The molecule has 0 aromatic heterocycles. The zero-order chi connectivity index (χ0) is 22.5. The van der Waals surface area contributed by atoms with E-state index in [1.165, 1.54) is 21.3 Å². The molecule has 0 amide bonds. The van der Waals surface area contributed by atoms with Gasteiger partial charge in [0.1, 0.15) is 11.5 Å². The molecule has 31 heavy (non-hydrogen) atoms. The summed E-state index contributed by atoms with van der Waals surface area (Å²) in [5.41, 5.74) is 0.977. The Kier molecular flexibility index (Phi) is 6.69. The molecule has 1 atom stereocenters. The van der Waals surface area contributed by atoms with Crippen LogP contribution in [0.25, 0.3) is 6.08 Å². The van der Waals surface area contributed by atoms with Gasteiger partial charge in [-0.3, -0.25) is 4.79 Å². The maximum absolute atomic E-state index is 12.8. The Labute approximate surface area is 180 Å². The van der Waals surface area contributed by atoms with E-state index in [1.807, 2.05) is 0 Å². The van der Waals surface area contributed by atoms with Gasteiger partial charge in [0, 0.05) is 11.6 Å². The van der Waals surface area contributed by atoms with Crippen molar-refractivity contribution < 1.29 is 38.0 Å². The number of hydrogen-bond donors (Lipinski definition) is 0. The number of hydrogen-bond acceptors (Lipinski definition) is 8. The summed E-state index contributed by atoms with van der Waals surface area (Å²) >= 11 is 0. The lowest BCUT2D eigenvalue weighted by molar-refractivity contribution is -0.150. The smallest absolute Gasteiger partial charge is 0.347 e. The van der Waals surface area contributed by atoms with Crippen LogP contribution in [0.3, 0.4) is 0 Å². The first-order valence-electron chi connectivity index (χ1n) is 9.64.